The molecule has 0 unspecified atom stereocenters. The smallest absolute Gasteiger partial charge is 0.00196 e. The molecule has 1 saturated carbocycles. The van der Waals surface area contributed by atoms with E-state index in [4.69, 9.17) is 0 Å². The molecule has 0 radical (unpaired) electrons. The van der Waals surface area contributed by atoms with Crippen LogP contribution < -0.4 is 0 Å². The first-order valence-electron chi connectivity index (χ1n) is 11.9. The Morgan fingerprint density at radius 2 is 1.24 bits per heavy atom. The van der Waals surface area contributed by atoms with Gasteiger partial charge in [0, 0.05) is 0 Å². The molecule has 1 aliphatic rings. The Morgan fingerprint density at radius 1 is 0.655 bits per heavy atom. The third-order valence-corrected chi connectivity index (χ3v) is 5.42. The van der Waals surface area contributed by atoms with Gasteiger partial charge in [-0.15, -0.1) is 0 Å². The monoisotopic (exact) mass is 390 g/mol. The van der Waals surface area contributed by atoms with E-state index in [1.165, 1.54) is 60.4 Å². The summed E-state index contributed by atoms with van der Waals surface area (Å²) < 4.78 is 0. The molecule has 1 fully saturated rings. The van der Waals surface area contributed by atoms with Gasteiger partial charge in [-0.1, -0.05) is 146 Å². The van der Waals surface area contributed by atoms with Gasteiger partial charge in [0.1, 0.15) is 0 Å². The van der Waals surface area contributed by atoms with E-state index in [2.05, 4.69) is 79.7 Å². The Hall–Kier alpha value is -2.08. The second kappa shape index (κ2) is 15.8. The van der Waals surface area contributed by atoms with Gasteiger partial charge in [0.05, 0.1) is 0 Å². The van der Waals surface area contributed by atoms with Gasteiger partial charge >= 0.3 is 0 Å². The molecule has 3 aromatic carbocycles. The van der Waals surface area contributed by atoms with Crippen molar-refractivity contribution in [2.45, 2.75) is 79.6 Å². The standard InChI is InChI=1S/C17H14.C8H16.2C2H6/c1-2-7-14(8-3-1)13-16-11-6-10-15-9-4-5-12-17(15)16;1-2-8-6-4-3-5-7-8;2*1-2/h1-12H,13H2;8H,2-7H2,1H3;2*1-2H3. The summed E-state index contributed by atoms with van der Waals surface area (Å²) in [4.78, 5) is 0. The summed E-state index contributed by atoms with van der Waals surface area (Å²) in [5.41, 5.74) is 2.76. The van der Waals surface area contributed by atoms with Crippen LogP contribution in [0.2, 0.25) is 0 Å². The fourth-order valence-corrected chi connectivity index (χ4v) is 3.86. The summed E-state index contributed by atoms with van der Waals surface area (Å²) in [6.07, 6.45) is 9.93. The second-order valence-electron chi connectivity index (χ2n) is 7.21. The van der Waals surface area contributed by atoms with Crippen molar-refractivity contribution in [3.05, 3.63) is 83.9 Å². The molecule has 0 bridgehead atoms. The highest BCUT2D eigenvalue weighted by molar-refractivity contribution is 5.85. The molecule has 0 spiro atoms. The van der Waals surface area contributed by atoms with Crippen molar-refractivity contribution in [2.75, 3.05) is 0 Å². The van der Waals surface area contributed by atoms with Crippen LogP contribution in [0.5, 0.6) is 0 Å². The lowest BCUT2D eigenvalue weighted by atomic mass is 9.88. The van der Waals surface area contributed by atoms with Crippen molar-refractivity contribution >= 4 is 10.8 Å². The van der Waals surface area contributed by atoms with Crippen molar-refractivity contribution in [1.29, 1.82) is 0 Å². The molecule has 1 aliphatic carbocycles. The third kappa shape index (κ3) is 8.86. The normalized spacial score (nSPS) is 13.1. The SMILES string of the molecule is CC.CC.CCC1CCCCC1.c1ccc(Cc2cccc3ccccc23)cc1. The highest BCUT2D eigenvalue weighted by atomic mass is 14.2. The summed E-state index contributed by atoms with van der Waals surface area (Å²) in [7, 11) is 0. The molecule has 0 amide bonds. The highest BCUT2D eigenvalue weighted by Crippen LogP contribution is 2.25. The zero-order chi connectivity index (χ0) is 21.3. The van der Waals surface area contributed by atoms with Gasteiger partial charge in [0.25, 0.3) is 0 Å². The molecule has 0 N–H and O–H groups in total. The summed E-state index contributed by atoms with van der Waals surface area (Å²) in [5, 5.41) is 2.68. The van der Waals surface area contributed by atoms with Gasteiger partial charge in [0.15, 0.2) is 0 Å². The fourth-order valence-electron chi connectivity index (χ4n) is 3.86. The first-order chi connectivity index (χ1) is 14.4. The van der Waals surface area contributed by atoms with Crippen molar-refractivity contribution in [1.82, 2.24) is 0 Å². The number of hydrogen-bond acceptors (Lipinski definition) is 0. The number of rotatable bonds is 3. The van der Waals surface area contributed by atoms with E-state index in [1.54, 1.807) is 0 Å². The number of hydrogen-bond donors (Lipinski definition) is 0. The minimum atomic E-state index is 1.00. The Morgan fingerprint density at radius 3 is 1.86 bits per heavy atom. The van der Waals surface area contributed by atoms with E-state index in [0.29, 0.717) is 0 Å². The van der Waals surface area contributed by atoms with Crippen LogP contribution in [-0.2, 0) is 6.42 Å². The molecule has 29 heavy (non-hydrogen) atoms. The third-order valence-electron chi connectivity index (χ3n) is 5.42. The van der Waals surface area contributed by atoms with Crippen LogP contribution in [0.15, 0.2) is 72.8 Å². The maximum Gasteiger partial charge on any atom is -0.00196 e. The molecule has 0 heteroatoms. The lowest BCUT2D eigenvalue weighted by Crippen LogP contribution is -2.03. The van der Waals surface area contributed by atoms with Gasteiger partial charge < -0.3 is 0 Å². The second-order valence-corrected chi connectivity index (χ2v) is 7.21. The fraction of sp³-hybridized carbons (Fsp3) is 0.448. The predicted molar refractivity (Wildman–Crippen MR) is 133 cm³/mol. The average Bonchev–Trinajstić information content (AvgIpc) is 2.83. The Kier molecular flexibility index (Phi) is 13.6. The molecule has 158 valence electrons. The number of benzene rings is 3. The van der Waals surface area contributed by atoms with Crippen molar-refractivity contribution in [2.24, 2.45) is 5.92 Å². The molecule has 0 atom stereocenters. The molecular formula is C29H42. The van der Waals surface area contributed by atoms with Crippen LogP contribution in [0.25, 0.3) is 10.8 Å². The molecule has 0 saturated heterocycles. The molecular weight excluding hydrogens is 348 g/mol. The van der Waals surface area contributed by atoms with Gasteiger partial charge in [-0.2, -0.15) is 0 Å². The molecule has 0 heterocycles. The quantitative estimate of drug-likeness (QED) is 0.417. The maximum atomic E-state index is 2.32. The molecule has 0 nitrogen and oxygen atoms in total. The minimum Gasteiger partial charge on any atom is -0.0683 e. The first-order valence-corrected chi connectivity index (χ1v) is 11.9. The van der Waals surface area contributed by atoms with Crippen LogP contribution in [0.4, 0.5) is 0 Å². The van der Waals surface area contributed by atoms with Crippen LogP contribution in [0, 0.1) is 5.92 Å². The van der Waals surface area contributed by atoms with Gasteiger partial charge in [0.2, 0.25) is 0 Å². The van der Waals surface area contributed by atoms with E-state index in [1.807, 2.05) is 27.7 Å². The van der Waals surface area contributed by atoms with Gasteiger partial charge in [-0.25, -0.2) is 0 Å². The maximum absolute atomic E-state index is 2.32. The summed E-state index contributed by atoms with van der Waals surface area (Å²) in [6.45, 7) is 10.3. The zero-order valence-corrected chi connectivity index (χ0v) is 19.5. The van der Waals surface area contributed by atoms with Gasteiger partial charge in [-0.3, -0.25) is 0 Å². The molecule has 3 aromatic rings. The van der Waals surface area contributed by atoms with Crippen LogP contribution in [-0.4, -0.2) is 0 Å². The summed E-state index contributed by atoms with van der Waals surface area (Å²) in [5.74, 6) is 1.09. The molecule has 4 rings (SSSR count). The Bertz CT molecular complexity index is 746. The average molecular weight is 391 g/mol. The number of fused-ring (bicyclic) bond motifs is 1. The summed E-state index contributed by atoms with van der Waals surface area (Å²) >= 11 is 0. The minimum absolute atomic E-state index is 1.00. The lowest BCUT2D eigenvalue weighted by Gasteiger charge is -2.18. The van der Waals surface area contributed by atoms with E-state index < -0.39 is 0 Å². The van der Waals surface area contributed by atoms with Crippen LogP contribution in [0.1, 0.15) is 84.3 Å². The first kappa shape index (κ1) is 25.0. The van der Waals surface area contributed by atoms with Crippen molar-refractivity contribution in [3.8, 4) is 0 Å². The molecule has 0 aromatic heterocycles. The summed E-state index contributed by atoms with van der Waals surface area (Å²) in [6, 6.07) is 25.7. The topological polar surface area (TPSA) is 0 Å². The van der Waals surface area contributed by atoms with Crippen molar-refractivity contribution < 1.29 is 0 Å². The Balaban J connectivity index is 0.000000296. The predicted octanol–water partition coefficient (Wildman–Crippen LogP) is 9.46. The van der Waals surface area contributed by atoms with Gasteiger partial charge in [-0.05, 0) is 34.2 Å². The van der Waals surface area contributed by atoms with Crippen LogP contribution >= 0.6 is 0 Å². The van der Waals surface area contributed by atoms with E-state index in [0.717, 1.165) is 12.3 Å². The van der Waals surface area contributed by atoms with Crippen molar-refractivity contribution in [3.63, 3.8) is 0 Å². The van der Waals surface area contributed by atoms with E-state index in [-0.39, 0.29) is 0 Å². The van der Waals surface area contributed by atoms with Crippen LogP contribution in [0.3, 0.4) is 0 Å². The highest BCUT2D eigenvalue weighted by Gasteiger charge is 2.09. The van der Waals surface area contributed by atoms with E-state index >= 15 is 0 Å². The largest absolute Gasteiger partial charge is 0.0683 e. The van der Waals surface area contributed by atoms with E-state index in [9.17, 15) is 0 Å². The lowest BCUT2D eigenvalue weighted by molar-refractivity contribution is 0.349. The zero-order valence-electron chi connectivity index (χ0n) is 19.5. The Labute approximate surface area is 180 Å². The molecule has 0 aliphatic heterocycles.